The summed E-state index contributed by atoms with van der Waals surface area (Å²) in [5.74, 6) is 0.472. The van der Waals surface area contributed by atoms with E-state index in [4.69, 9.17) is 10.5 Å². The van der Waals surface area contributed by atoms with E-state index in [9.17, 15) is 4.79 Å². The van der Waals surface area contributed by atoms with Crippen molar-refractivity contribution in [3.63, 3.8) is 0 Å². The van der Waals surface area contributed by atoms with Gasteiger partial charge in [-0.25, -0.2) is 4.79 Å². The fourth-order valence-electron chi connectivity index (χ4n) is 2.27. The number of nitrogens with two attached hydrogens (primary N) is 1. The molecule has 100 valence electrons. The quantitative estimate of drug-likeness (QED) is 0.788. The summed E-state index contributed by atoms with van der Waals surface area (Å²) in [6.45, 7) is 7.24. The lowest BCUT2D eigenvalue weighted by atomic mass is 9.98. The Hall–Kier alpha value is -0.480. The Bertz CT molecular complexity index is 297. The van der Waals surface area contributed by atoms with Gasteiger partial charge in [-0.1, -0.05) is 0 Å². The van der Waals surface area contributed by atoms with Crippen LogP contribution in [0.25, 0.3) is 0 Å². The van der Waals surface area contributed by atoms with E-state index in [0.29, 0.717) is 5.92 Å². The first-order valence-electron chi connectivity index (χ1n) is 6.07. The molecule has 1 aliphatic heterocycles. The van der Waals surface area contributed by atoms with E-state index in [0.717, 1.165) is 32.4 Å². The van der Waals surface area contributed by atoms with Crippen molar-refractivity contribution in [3.8, 4) is 0 Å². The van der Waals surface area contributed by atoms with Crippen LogP contribution in [0.3, 0.4) is 0 Å². The molecule has 2 N–H and O–H groups in total. The summed E-state index contributed by atoms with van der Waals surface area (Å²) >= 11 is 0. The van der Waals surface area contributed by atoms with Crippen LogP contribution in [-0.2, 0) is 4.74 Å². The van der Waals surface area contributed by atoms with Crippen LogP contribution in [0, 0.1) is 5.92 Å². The lowest BCUT2D eigenvalue weighted by Crippen LogP contribution is -2.38. The molecule has 1 saturated carbocycles. The smallest absolute Gasteiger partial charge is 0.410 e. The molecule has 1 amide bonds. The van der Waals surface area contributed by atoms with Crippen LogP contribution in [0.1, 0.15) is 40.0 Å². The third-order valence-electron chi connectivity index (χ3n) is 3.48. The molecular weight excluding hydrogens is 240 g/mol. The summed E-state index contributed by atoms with van der Waals surface area (Å²) in [5, 5.41) is 0. The predicted molar refractivity (Wildman–Crippen MR) is 69.3 cm³/mol. The summed E-state index contributed by atoms with van der Waals surface area (Å²) < 4.78 is 5.35. The maximum absolute atomic E-state index is 11.8. The largest absolute Gasteiger partial charge is 0.444 e. The summed E-state index contributed by atoms with van der Waals surface area (Å²) in [4.78, 5) is 13.6. The molecule has 1 heterocycles. The number of likely N-dealkylation sites (tertiary alicyclic amines) is 1. The minimum absolute atomic E-state index is 0. The fraction of sp³-hybridized carbons (Fsp3) is 0.917. The Morgan fingerprint density at radius 2 is 2.00 bits per heavy atom. The Kier molecular flexibility index (Phi) is 3.99. The highest BCUT2D eigenvalue weighted by molar-refractivity contribution is 5.85. The van der Waals surface area contributed by atoms with Gasteiger partial charge in [0.1, 0.15) is 5.60 Å². The van der Waals surface area contributed by atoms with Gasteiger partial charge in [-0.3, -0.25) is 0 Å². The van der Waals surface area contributed by atoms with Gasteiger partial charge in [0, 0.05) is 18.6 Å². The normalized spacial score (nSPS) is 26.4. The first-order chi connectivity index (χ1) is 7.30. The van der Waals surface area contributed by atoms with Gasteiger partial charge >= 0.3 is 6.09 Å². The molecule has 0 aromatic heterocycles. The molecule has 17 heavy (non-hydrogen) atoms. The molecule has 1 aliphatic carbocycles. The number of hydrogen-bond donors (Lipinski definition) is 1. The zero-order chi connectivity index (χ0) is 12.0. The van der Waals surface area contributed by atoms with Crippen molar-refractivity contribution in [2.75, 3.05) is 13.1 Å². The molecule has 1 unspecified atom stereocenters. The van der Waals surface area contributed by atoms with Gasteiger partial charge in [0.05, 0.1) is 0 Å². The summed E-state index contributed by atoms with van der Waals surface area (Å²) in [7, 11) is 0. The lowest BCUT2D eigenvalue weighted by molar-refractivity contribution is 0.0286. The average Bonchev–Trinajstić information content (AvgIpc) is 2.71. The second-order valence-corrected chi connectivity index (χ2v) is 6.15. The zero-order valence-electron chi connectivity index (χ0n) is 10.9. The summed E-state index contributed by atoms with van der Waals surface area (Å²) in [6, 6.07) is 0. The molecule has 0 radical (unpaired) electrons. The Morgan fingerprint density at radius 1 is 1.41 bits per heavy atom. The number of nitrogens with zero attached hydrogens (tertiary/aromatic N) is 1. The molecule has 0 aromatic rings. The van der Waals surface area contributed by atoms with E-state index in [1.54, 1.807) is 4.90 Å². The lowest BCUT2D eigenvalue weighted by Gasteiger charge is -2.25. The van der Waals surface area contributed by atoms with Crippen LogP contribution in [0.15, 0.2) is 0 Å². The number of hydrogen-bond acceptors (Lipinski definition) is 3. The third-order valence-corrected chi connectivity index (χ3v) is 3.48. The van der Waals surface area contributed by atoms with Crippen molar-refractivity contribution >= 4 is 18.5 Å². The highest BCUT2D eigenvalue weighted by Crippen LogP contribution is 2.43. The zero-order valence-corrected chi connectivity index (χ0v) is 11.7. The Labute approximate surface area is 109 Å². The molecule has 2 rings (SSSR count). The molecule has 0 bridgehead atoms. The number of carbonyl (C=O) groups is 1. The standard InChI is InChI=1S/C12H22N2O2.ClH/c1-11(2,3)16-10(15)14-7-4-9(8-14)12(13)5-6-12;/h9H,4-8,13H2,1-3H3;1H. The molecule has 1 saturated heterocycles. The molecule has 4 nitrogen and oxygen atoms in total. The van der Waals surface area contributed by atoms with Crippen molar-refractivity contribution in [3.05, 3.63) is 0 Å². The van der Waals surface area contributed by atoms with E-state index >= 15 is 0 Å². The summed E-state index contributed by atoms with van der Waals surface area (Å²) in [5.41, 5.74) is 5.78. The van der Waals surface area contributed by atoms with E-state index in [-0.39, 0.29) is 24.0 Å². The van der Waals surface area contributed by atoms with Crippen molar-refractivity contribution in [2.24, 2.45) is 11.7 Å². The molecule has 0 aromatic carbocycles. The molecule has 2 aliphatic rings. The predicted octanol–water partition coefficient (Wildman–Crippen LogP) is 2.16. The van der Waals surface area contributed by atoms with E-state index in [1.807, 2.05) is 20.8 Å². The topological polar surface area (TPSA) is 55.6 Å². The van der Waals surface area contributed by atoms with Crippen molar-refractivity contribution in [1.29, 1.82) is 0 Å². The van der Waals surface area contributed by atoms with Crippen molar-refractivity contribution < 1.29 is 9.53 Å². The molecular formula is C12H23ClN2O2. The van der Waals surface area contributed by atoms with Gasteiger partial charge in [0.25, 0.3) is 0 Å². The van der Waals surface area contributed by atoms with E-state index < -0.39 is 5.60 Å². The van der Waals surface area contributed by atoms with Crippen LogP contribution < -0.4 is 5.73 Å². The monoisotopic (exact) mass is 262 g/mol. The highest BCUT2D eigenvalue weighted by Gasteiger charge is 2.48. The minimum atomic E-state index is -0.408. The van der Waals surface area contributed by atoms with Gasteiger partial charge in [-0.05, 0) is 46.0 Å². The van der Waals surface area contributed by atoms with Gasteiger partial charge in [0.2, 0.25) is 0 Å². The molecule has 0 spiro atoms. The van der Waals surface area contributed by atoms with Crippen LogP contribution >= 0.6 is 12.4 Å². The molecule has 1 atom stereocenters. The first-order valence-corrected chi connectivity index (χ1v) is 6.07. The highest BCUT2D eigenvalue weighted by atomic mass is 35.5. The van der Waals surface area contributed by atoms with Crippen molar-refractivity contribution in [2.45, 2.75) is 51.2 Å². The number of halogens is 1. The van der Waals surface area contributed by atoms with Gasteiger partial charge in [-0.15, -0.1) is 12.4 Å². The number of rotatable bonds is 1. The number of amides is 1. The minimum Gasteiger partial charge on any atom is -0.444 e. The maximum atomic E-state index is 11.8. The van der Waals surface area contributed by atoms with E-state index in [1.165, 1.54) is 0 Å². The van der Waals surface area contributed by atoms with Crippen LogP contribution in [0.2, 0.25) is 0 Å². The molecule has 5 heteroatoms. The third kappa shape index (κ3) is 3.49. The van der Waals surface area contributed by atoms with E-state index in [2.05, 4.69) is 0 Å². The van der Waals surface area contributed by atoms with Gasteiger partial charge in [-0.2, -0.15) is 0 Å². The SMILES string of the molecule is CC(C)(C)OC(=O)N1CCC(C2(N)CC2)C1.Cl. The van der Waals surface area contributed by atoms with Crippen LogP contribution in [0.4, 0.5) is 4.79 Å². The molecule has 2 fully saturated rings. The second-order valence-electron chi connectivity index (χ2n) is 6.15. The number of ether oxygens (including phenoxy) is 1. The maximum Gasteiger partial charge on any atom is 0.410 e. The van der Waals surface area contributed by atoms with Crippen LogP contribution in [0.5, 0.6) is 0 Å². The Balaban J connectivity index is 0.00000144. The van der Waals surface area contributed by atoms with Gasteiger partial charge < -0.3 is 15.4 Å². The summed E-state index contributed by atoms with van der Waals surface area (Å²) in [6.07, 6.45) is 3.05. The van der Waals surface area contributed by atoms with Gasteiger partial charge in [0.15, 0.2) is 0 Å². The fourth-order valence-corrected chi connectivity index (χ4v) is 2.27. The average molecular weight is 263 g/mol. The second kappa shape index (κ2) is 4.65. The first kappa shape index (κ1) is 14.6. The van der Waals surface area contributed by atoms with Crippen LogP contribution in [-0.4, -0.2) is 35.2 Å². The van der Waals surface area contributed by atoms with Crippen molar-refractivity contribution in [1.82, 2.24) is 4.90 Å². The Morgan fingerprint density at radius 3 is 2.47 bits per heavy atom. The number of carbonyl (C=O) groups excluding carboxylic acids is 1.